The van der Waals surface area contributed by atoms with Gasteiger partial charge in [0.15, 0.2) is 5.82 Å². The summed E-state index contributed by atoms with van der Waals surface area (Å²) in [5.41, 5.74) is 6.58. The molecule has 0 bridgehead atoms. The average Bonchev–Trinajstić information content (AvgIpc) is 3.14. The average molecular weight is 532 g/mol. The highest BCUT2D eigenvalue weighted by atomic mass is 35.5. The number of carboxylic acids is 1. The van der Waals surface area contributed by atoms with E-state index in [1.165, 1.54) is 36.0 Å². The second-order valence-corrected chi connectivity index (χ2v) is 11.9. The fourth-order valence-electron chi connectivity index (χ4n) is 6.24. The van der Waals surface area contributed by atoms with E-state index in [1.54, 1.807) is 6.20 Å². The molecule has 2 aliphatic heterocycles. The molecular weight excluding hydrogens is 498 g/mol. The molecular formula is C30H34ClN5O2. The Labute approximate surface area is 228 Å². The van der Waals surface area contributed by atoms with Crippen LogP contribution < -0.4 is 10.2 Å². The molecule has 2 aromatic carbocycles. The van der Waals surface area contributed by atoms with Gasteiger partial charge in [-0.05, 0) is 60.2 Å². The second-order valence-electron chi connectivity index (χ2n) is 11.5. The molecule has 1 fully saturated rings. The number of nitrogens with one attached hydrogen (secondary N) is 1. The van der Waals surface area contributed by atoms with Crippen molar-refractivity contribution in [2.24, 2.45) is 5.92 Å². The predicted octanol–water partition coefficient (Wildman–Crippen LogP) is 6.09. The van der Waals surface area contributed by atoms with Gasteiger partial charge in [0.05, 0.1) is 12.6 Å². The van der Waals surface area contributed by atoms with Crippen LogP contribution in [0, 0.1) is 5.92 Å². The monoisotopic (exact) mass is 531 g/mol. The number of nitrogens with zero attached hydrogens (tertiary/aromatic N) is 4. The number of benzene rings is 2. The first kappa shape index (κ1) is 25.1. The zero-order valence-corrected chi connectivity index (χ0v) is 22.8. The topological polar surface area (TPSA) is 81.6 Å². The first-order valence-corrected chi connectivity index (χ1v) is 13.9. The first-order valence-electron chi connectivity index (χ1n) is 13.5. The van der Waals surface area contributed by atoms with Crippen LogP contribution in [0.15, 0.2) is 42.6 Å². The summed E-state index contributed by atoms with van der Waals surface area (Å²) < 4.78 is 0. The van der Waals surface area contributed by atoms with Crippen molar-refractivity contribution in [2.75, 3.05) is 30.4 Å². The lowest BCUT2D eigenvalue weighted by Gasteiger charge is -2.30. The van der Waals surface area contributed by atoms with Crippen LogP contribution in [0.2, 0.25) is 5.02 Å². The Morgan fingerprint density at radius 3 is 2.82 bits per heavy atom. The van der Waals surface area contributed by atoms with Gasteiger partial charge in [0.25, 0.3) is 0 Å². The Hall–Kier alpha value is -3.16. The number of carboxylic acid groups (broad SMARTS) is 1. The van der Waals surface area contributed by atoms with E-state index in [4.69, 9.17) is 16.6 Å². The highest BCUT2D eigenvalue weighted by Gasteiger charge is 2.42. The van der Waals surface area contributed by atoms with E-state index < -0.39 is 11.4 Å². The van der Waals surface area contributed by atoms with Gasteiger partial charge in [-0.15, -0.1) is 0 Å². The molecule has 1 unspecified atom stereocenters. The fourth-order valence-corrected chi connectivity index (χ4v) is 6.43. The van der Waals surface area contributed by atoms with Crippen molar-refractivity contribution in [2.45, 2.75) is 57.4 Å². The molecule has 0 saturated heterocycles. The molecule has 0 radical (unpaired) electrons. The Kier molecular flexibility index (Phi) is 6.52. The maximum atomic E-state index is 11.7. The molecule has 3 aromatic rings. The van der Waals surface area contributed by atoms with Crippen molar-refractivity contribution in [3.63, 3.8) is 0 Å². The maximum Gasteiger partial charge on any atom is 0.304 e. The number of halogens is 1. The third-order valence-corrected chi connectivity index (χ3v) is 8.75. The van der Waals surface area contributed by atoms with Crippen LogP contribution in [0.25, 0.3) is 0 Å². The SMILES string of the molecule is CN1CCc2cc(CC3CCC3)c(Nc3ncc(Cl)c(N4CC(C)(CC(=O)O)c5ccccc54)n3)cc2C1. The molecule has 2 N–H and O–H groups in total. The summed E-state index contributed by atoms with van der Waals surface area (Å²) >= 11 is 6.67. The molecule has 7 nitrogen and oxygen atoms in total. The fraction of sp³-hybridized carbons (Fsp3) is 0.433. The van der Waals surface area contributed by atoms with Gasteiger partial charge in [-0.3, -0.25) is 4.79 Å². The summed E-state index contributed by atoms with van der Waals surface area (Å²) in [7, 11) is 2.17. The largest absolute Gasteiger partial charge is 0.481 e. The molecule has 6 rings (SSSR count). The van der Waals surface area contributed by atoms with Crippen LogP contribution in [0.1, 0.15) is 54.9 Å². The molecule has 0 spiro atoms. The number of likely N-dealkylation sites (N-methyl/N-ethyl adjacent to an activating group) is 1. The Balaban J connectivity index is 1.35. The standard InChI is InChI=1S/C30H34ClN5O2/c1-30(15-27(37)38)18-36(26-9-4-3-8-23(26)30)28-24(31)16-32-29(34-28)33-25-14-22-17-35(2)11-10-20(22)13-21(25)12-19-6-5-7-19/h3-4,8-9,13-14,16,19H,5-7,10-12,15,17-18H2,1-2H3,(H,37,38)(H,32,33,34). The molecule has 3 heterocycles. The maximum absolute atomic E-state index is 11.7. The van der Waals surface area contributed by atoms with Gasteiger partial charge in [0.1, 0.15) is 5.02 Å². The van der Waals surface area contributed by atoms with Crippen LogP contribution in [0.3, 0.4) is 0 Å². The van der Waals surface area contributed by atoms with E-state index in [0.717, 1.165) is 48.8 Å². The van der Waals surface area contributed by atoms with Crippen LogP contribution in [0.5, 0.6) is 0 Å². The van der Waals surface area contributed by atoms with Gasteiger partial charge in [0.2, 0.25) is 5.95 Å². The van der Waals surface area contributed by atoms with Crippen molar-refractivity contribution >= 4 is 40.7 Å². The Morgan fingerprint density at radius 1 is 1.24 bits per heavy atom. The summed E-state index contributed by atoms with van der Waals surface area (Å²) in [6.07, 6.45) is 7.73. The van der Waals surface area contributed by atoms with E-state index in [-0.39, 0.29) is 6.42 Å². The first-order chi connectivity index (χ1) is 18.3. The minimum absolute atomic E-state index is 0.0302. The second kappa shape index (κ2) is 9.86. The third kappa shape index (κ3) is 4.74. The van der Waals surface area contributed by atoms with E-state index in [1.807, 2.05) is 36.1 Å². The van der Waals surface area contributed by atoms with Gasteiger partial charge in [-0.25, -0.2) is 4.98 Å². The number of hydrogen-bond donors (Lipinski definition) is 2. The molecule has 0 amide bonds. The molecule has 1 atom stereocenters. The van der Waals surface area contributed by atoms with Crippen molar-refractivity contribution < 1.29 is 9.90 Å². The lowest BCUT2D eigenvalue weighted by molar-refractivity contribution is -0.138. The van der Waals surface area contributed by atoms with E-state index in [2.05, 4.69) is 34.4 Å². The van der Waals surface area contributed by atoms with Crippen LogP contribution in [-0.2, 0) is 29.6 Å². The van der Waals surface area contributed by atoms with Gasteiger partial charge >= 0.3 is 5.97 Å². The molecule has 8 heteroatoms. The molecule has 1 saturated carbocycles. The minimum Gasteiger partial charge on any atom is -0.481 e. The molecule has 38 heavy (non-hydrogen) atoms. The van der Waals surface area contributed by atoms with Gasteiger partial charge in [-0.2, -0.15) is 4.98 Å². The van der Waals surface area contributed by atoms with Crippen molar-refractivity contribution in [3.8, 4) is 0 Å². The molecule has 1 aromatic heterocycles. The highest BCUT2D eigenvalue weighted by Crippen LogP contribution is 2.47. The Morgan fingerprint density at radius 2 is 2.05 bits per heavy atom. The number of carbonyl (C=O) groups is 1. The number of rotatable bonds is 7. The number of aliphatic carboxylic acids is 1. The highest BCUT2D eigenvalue weighted by molar-refractivity contribution is 6.33. The lowest BCUT2D eigenvalue weighted by Crippen LogP contribution is -2.31. The Bertz CT molecular complexity index is 1390. The van der Waals surface area contributed by atoms with Gasteiger partial charge in [-0.1, -0.05) is 62.1 Å². The number of fused-ring (bicyclic) bond motifs is 2. The van der Waals surface area contributed by atoms with Crippen molar-refractivity contribution in [1.82, 2.24) is 14.9 Å². The number of anilines is 4. The zero-order valence-electron chi connectivity index (χ0n) is 22.0. The third-order valence-electron chi connectivity index (χ3n) is 8.48. The van der Waals surface area contributed by atoms with E-state index in [0.29, 0.717) is 23.3 Å². The lowest BCUT2D eigenvalue weighted by atomic mass is 9.80. The smallest absolute Gasteiger partial charge is 0.304 e. The quantitative estimate of drug-likeness (QED) is 0.382. The van der Waals surface area contributed by atoms with Crippen LogP contribution in [-0.4, -0.2) is 46.1 Å². The van der Waals surface area contributed by atoms with Gasteiger partial charge in [0, 0.05) is 36.4 Å². The summed E-state index contributed by atoms with van der Waals surface area (Å²) in [5, 5.41) is 13.6. The van der Waals surface area contributed by atoms with Crippen LogP contribution >= 0.6 is 11.6 Å². The van der Waals surface area contributed by atoms with Crippen LogP contribution in [0.4, 0.5) is 23.1 Å². The number of aromatic nitrogens is 2. The minimum atomic E-state index is -0.822. The summed E-state index contributed by atoms with van der Waals surface area (Å²) in [6, 6.07) is 12.6. The van der Waals surface area contributed by atoms with Gasteiger partial charge < -0.3 is 20.2 Å². The molecule has 1 aliphatic carbocycles. The number of hydrogen-bond acceptors (Lipinski definition) is 6. The number of para-hydroxylation sites is 1. The normalized spacial score (nSPS) is 21.1. The summed E-state index contributed by atoms with van der Waals surface area (Å²) in [6.45, 7) is 4.50. The zero-order chi connectivity index (χ0) is 26.4. The molecule has 3 aliphatic rings. The summed E-state index contributed by atoms with van der Waals surface area (Å²) in [5.74, 6) is 1.00. The van der Waals surface area contributed by atoms with E-state index in [9.17, 15) is 9.90 Å². The predicted molar refractivity (Wildman–Crippen MR) is 151 cm³/mol. The molecule has 198 valence electrons. The van der Waals surface area contributed by atoms with Crippen molar-refractivity contribution in [3.05, 3.63) is 69.9 Å². The van der Waals surface area contributed by atoms with E-state index >= 15 is 0 Å². The summed E-state index contributed by atoms with van der Waals surface area (Å²) in [4.78, 5) is 25.5. The van der Waals surface area contributed by atoms with Crippen molar-refractivity contribution in [1.29, 1.82) is 0 Å².